The van der Waals surface area contributed by atoms with Crippen molar-refractivity contribution in [2.45, 2.75) is 38.6 Å². The van der Waals surface area contributed by atoms with E-state index in [2.05, 4.69) is 41.9 Å². The zero-order valence-corrected chi connectivity index (χ0v) is 10.5. The van der Waals surface area contributed by atoms with Gasteiger partial charge >= 0.3 is 0 Å². The molecule has 0 bridgehead atoms. The fourth-order valence-electron chi connectivity index (χ4n) is 1.20. The molecule has 1 aromatic rings. The first-order chi connectivity index (χ1) is 5.97. The topological polar surface area (TPSA) is 26.0 Å². The van der Waals surface area contributed by atoms with E-state index in [0.29, 0.717) is 0 Å². The SMILES string of the molecule is CC(C)(N)CCCc1ccc(Br)s1. The van der Waals surface area contributed by atoms with E-state index < -0.39 is 0 Å². The summed E-state index contributed by atoms with van der Waals surface area (Å²) in [5, 5.41) is 0. The largest absolute Gasteiger partial charge is 0.326 e. The summed E-state index contributed by atoms with van der Waals surface area (Å²) in [4.78, 5) is 1.44. The van der Waals surface area contributed by atoms with Gasteiger partial charge in [-0.25, -0.2) is 0 Å². The Morgan fingerprint density at radius 1 is 1.46 bits per heavy atom. The lowest BCUT2D eigenvalue weighted by atomic mass is 9.99. The van der Waals surface area contributed by atoms with Crippen LogP contribution in [0.5, 0.6) is 0 Å². The molecule has 0 aliphatic heterocycles. The van der Waals surface area contributed by atoms with Gasteiger partial charge in [0, 0.05) is 10.4 Å². The van der Waals surface area contributed by atoms with Crippen molar-refractivity contribution in [3.63, 3.8) is 0 Å². The van der Waals surface area contributed by atoms with E-state index in [0.717, 1.165) is 12.8 Å². The molecule has 0 aliphatic carbocycles. The molecule has 0 saturated carbocycles. The molecule has 3 heteroatoms. The van der Waals surface area contributed by atoms with Crippen LogP contribution < -0.4 is 5.73 Å². The van der Waals surface area contributed by atoms with Crippen molar-refractivity contribution in [3.8, 4) is 0 Å². The highest BCUT2D eigenvalue weighted by atomic mass is 79.9. The number of hydrogen-bond donors (Lipinski definition) is 1. The van der Waals surface area contributed by atoms with E-state index in [9.17, 15) is 0 Å². The maximum absolute atomic E-state index is 5.90. The zero-order valence-electron chi connectivity index (χ0n) is 8.14. The average molecular weight is 262 g/mol. The molecular weight excluding hydrogens is 246 g/mol. The Bertz CT molecular complexity index is 262. The summed E-state index contributed by atoms with van der Waals surface area (Å²) >= 11 is 5.27. The lowest BCUT2D eigenvalue weighted by Gasteiger charge is -2.17. The van der Waals surface area contributed by atoms with Crippen LogP contribution in [-0.2, 0) is 6.42 Å². The summed E-state index contributed by atoms with van der Waals surface area (Å²) in [5.41, 5.74) is 5.88. The number of rotatable bonds is 4. The fraction of sp³-hybridized carbons (Fsp3) is 0.600. The number of nitrogens with two attached hydrogens (primary N) is 1. The Labute approximate surface area is 92.5 Å². The van der Waals surface area contributed by atoms with Gasteiger partial charge in [0.2, 0.25) is 0 Å². The maximum atomic E-state index is 5.90. The van der Waals surface area contributed by atoms with Crippen LogP contribution in [0.15, 0.2) is 15.9 Å². The van der Waals surface area contributed by atoms with Gasteiger partial charge in [0.25, 0.3) is 0 Å². The Morgan fingerprint density at radius 3 is 2.62 bits per heavy atom. The smallest absolute Gasteiger partial charge is 0.0701 e. The van der Waals surface area contributed by atoms with E-state index in [1.807, 2.05) is 11.3 Å². The van der Waals surface area contributed by atoms with Gasteiger partial charge in [-0.3, -0.25) is 0 Å². The molecule has 0 aliphatic rings. The van der Waals surface area contributed by atoms with Crippen molar-refractivity contribution in [2.24, 2.45) is 5.73 Å². The van der Waals surface area contributed by atoms with Crippen LogP contribution >= 0.6 is 27.3 Å². The van der Waals surface area contributed by atoms with Crippen LogP contribution in [0, 0.1) is 0 Å². The van der Waals surface area contributed by atoms with Crippen LogP contribution in [0.3, 0.4) is 0 Å². The highest BCUT2D eigenvalue weighted by Crippen LogP contribution is 2.24. The minimum atomic E-state index is -0.0194. The molecule has 0 atom stereocenters. The summed E-state index contributed by atoms with van der Waals surface area (Å²) in [7, 11) is 0. The number of thiophene rings is 1. The number of aryl methyl sites for hydroxylation is 1. The molecular formula is C10H16BrNS. The van der Waals surface area contributed by atoms with E-state index in [4.69, 9.17) is 5.73 Å². The number of halogens is 1. The van der Waals surface area contributed by atoms with Crippen molar-refractivity contribution in [3.05, 3.63) is 20.8 Å². The molecule has 0 saturated heterocycles. The molecule has 0 amide bonds. The maximum Gasteiger partial charge on any atom is 0.0701 e. The molecule has 0 aromatic carbocycles. The Hall–Kier alpha value is 0.140. The van der Waals surface area contributed by atoms with Gasteiger partial charge in [0.15, 0.2) is 0 Å². The molecule has 74 valence electrons. The van der Waals surface area contributed by atoms with Crippen LogP contribution in [0.4, 0.5) is 0 Å². The summed E-state index contributed by atoms with van der Waals surface area (Å²) in [6, 6.07) is 4.28. The number of hydrogen-bond acceptors (Lipinski definition) is 2. The summed E-state index contributed by atoms with van der Waals surface area (Å²) in [6.45, 7) is 4.16. The van der Waals surface area contributed by atoms with Gasteiger partial charge in [-0.15, -0.1) is 11.3 Å². The second-order valence-corrected chi connectivity index (χ2v) is 6.60. The van der Waals surface area contributed by atoms with Crippen LogP contribution in [-0.4, -0.2) is 5.54 Å². The molecule has 1 aromatic heterocycles. The molecule has 0 radical (unpaired) electrons. The van der Waals surface area contributed by atoms with Gasteiger partial charge in [-0.1, -0.05) is 0 Å². The first-order valence-corrected chi connectivity index (χ1v) is 6.11. The average Bonchev–Trinajstić information content (AvgIpc) is 2.33. The van der Waals surface area contributed by atoms with Crippen molar-refractivity contribution in [1.82, 2.24) is 0 Å². The first-order valence-electron chi connectivity index (χ1n) is 4.50. The lowest BCUT2D eigenvalue weighted by Crippen LogP contribution is -2.31. The Morgan fingerprint density at radius 2 is 2.15 bits per heavy atom. The molecule has 0 spiro atoms. The molecule has 1 nitrogen and oxygen atoms in total. The van der Waals surface area contributed by atoms with E-state index in [1.54, 1.807) is 0 Å². The summed E-state index contributed by atoms with van der Waals surface area (Å²) in [5.74, 6) is 0. The minimum Gasteiger partial charge on any atom is -0.326 e. The van der Waals surface area contributed by atoms with Gasteiger partial charge in [-0.05, 0) is 61.2 Å². The molecule has 1 heterocycles. The zero-order chi connectivity index (χ0) is 9.90. The van der Waals surface area contributed by atoms with Crippen molar-refractivity contribution >= 4 is 27.3 Å². The predicted molar refractivity (Wildman–Crippen MR) is 63.2 cm³/mol. The normalized spacial score (nSPS) is 12.0. The second-order valence-electron chi connectivity index (χ2n) is 4.05. The highest BCUT2D eigenvalue weighted by Gasteiger charge is 2.09. The van der Waals surface area contributed by atoms with Gasteiger partial charge in [0.1, 0.15) is 0 Å². The fourth-order valence-corrected chi connectivity index (χ4v) is 2.73. The molecule has 0 unspecified atom stereocenters. The van der Waals surface area contributed by atoms with Crippen molar-refractivity contribution < 1.29 is 0 Å². The van der Waals surface area contributed by atoms with Gasteiger partial charge in [-0.2, -0.15) is 0 Å². The summed E-state index contributed by atoms with van der Waals surface area (Å²) in [6.07, 6.45) is 3.41. The predicted octanol–water partition coefficient (Wildman–Crippen LogP) is 3.57. The Kier molecular flexibility index (Phi) is 3.95. The first kappa shape index (κ1) is 11.2. The van der Waals surface area contributed by atoms with Gasteiger partial charge in [0.05, 0.1) is 3.79 Å². The Balaban J connectivity index is 2.28. The third-order valence-electron chi connectivity index (χ3n) is 1.87. The molecule has 0 fully saturated rings. The van der Waals surface area contributed by atoms with E-state index >= 15 is 0 Å². The third kappa shape index (κ3) is 4.79. The summed E-state index contributed by atoms with van der Waals surface area (Å²) < 4.78 is 1.22. The van der Waals surface area contributed by atoms with Crippen LogP contribution in [0.1, 0.15) is 31.6 Å². The third-order valence-corrected chi connectivity index (χ3v) is 3.56. The van der Waals surface area contributed by atoms with Gasteiger partial charge < -0.3 is 5.73 Å². The second kappa shape index (κ2) is 4.58. The standard InChI is InChI=1S/C10H16BrNS/c1-10(2,12)7-3-4-8-5-6-9(11)13-8/h5-6H,3-4,7,12H2,1-2H3. The van der Waals surface area contributed by atoms with Crippen LogP contribution in [0.2, 0.25) is 0 Å². The van der Waals surface area contributed by atoms with E-state index in [1.165, 1.54) is 15.1 Å². The quantitative estimate of drug-likeness (QED) is 0.882. The minimum absolute atomic E-state index is 0.0194. The van der Waals surface area contributed by atoms with Crippen molar-refractivity contribution in [2.75, 3.05) is 0 Å². The lowest BCUT2D eigenvalue weighted by molar-refractivity contribution is 0.460. The van der Waals surface area contributed by atoms with E-state index in [-0.39, 0.29) is 5.54 Å². The molecule has 2 N–H and O–H groups in total. The molecule has 13 heavy (non-hydrogen) atoms. The van der Waals surface area contributed by atoms with Crippen molar-refractivity contribution in [1.29, 1.82) is 0 Å². The molecule has 1 rings (SSSR count). The highest BCUT2D eigenvalue weighted by molar-refractivity contribution is 9.11. The van der Waals surface area contributed by atoms with Crippen LogP contribution in [0.25, 0.3) is 0 Å². The monoisotopic (exact) mass is 261 g/mol.